The predicted molar refractivity (Wildman–Crippen MR) is 384 cm³/mol. The molecule has 0 unspecified atom stereocenters. The summed E-state index contributed by atoms with van der Waals surface area (Å²) >= 11 is 0. The largest absolute Gasteiger partial charge is 0.508 e. The van der Waals surface area contributed by atoms with Crippen LogP contribution < -0.4 is 74.9 Å². The van der Waals surface area contributed by atoms with Crippen LogP contribution in [0, 0.1) is 5.41 Å². The lowest BCUT2D eigenvalue weighted by Crippen LogP contribution is -2.60. The zero-order valence-electron chi connectivity index (χ0n) is 58.5. The highest BCUT2D eigenvalue weighted by Crippen LogP contribution is 2.57. The van der Waals surface area contributed by atoms with E-state index in [0.717, 1.165) is 5.56 Å². The average Bonchev–Trinajstić information content (AvgIpc) is 1.59. The van der Waals surface area contributed by atoms with Crippen molar-refractivity contribution >= 4 is 76.9 Å². The third-order valence-corrected chi connectivity index (χ3v) is 18.4. The second-order valence-corrected chi connectivity index (χ2v) is 26.1. The molecule has 0 saturated carbocycles. The topological polar surface area (TPSA) is 521 Å². The molecule has 1 spiro atoms. The first-order valence-electron chi connectivity index (χ1n) is 34.7. The number of esters is 1. The SMILES string of the molecule is COc1ccc(C[C@@H](NC(=O)CCc2ccc(O)cc2)C(=O)N[C@@H](Cc2ccccc2)C(=O)N[C@@H](CCC(N)=O)C(=O)N[C@@H](CC(N)=O)C(=O)N[C@@H](CCCNC(=N)N)C(=O)N2CCC[C@H]2C(=O)N[C@@H](CCCCNC(=O)c2ccc3c(c2)C2(OC3=O)c3ccc(O)cc3Oc3cc(O)ccc32)C(N)=O)cc1. The lowest BCUT2D eigenvalue weighted by molar-refractivity contribution is -0.142. The molecular weight excluding hydrogens is 1380 g/mol. The van der Waals surface area contributed by atoms with Gasteiger partial charge in [0, 0.05) is 79.7 Å². The van der Waals surface area contributed by atoms with Gasteiger partial charge in [0.15, 0.2) is 11.6 Å². The van der Waals surface area contributed by atoms with Crippen LogP contribution >= 0.6 is 0 Å². The number of benzene rings is 6. The number of hydrogen-bond acceptors (Lipinski definition) is 19. The third kappa shape index (κ3) is 20.6. The van der Waals surface area contributed by atoms with Gasteiger partial charge in [-0.3, -0.25) is 58.1 Å². The first kappa shape index (κ1) is 78.4. The molecule has 3 aliphatic rings. The molecule has 3 heterocycles. The van der Waals surface area contributed by atoms with E-state index in [2.05, 4.69) is 42.5 Å². The number of carbonyl (C=O) groups excluding carboxylic acids is 12. The smallest absolute Gasteiger partial charge is 0.340 e. The van der Waals surface area contributed by atoms with Crippen LogP contribution in [0.25, 0.3) is 0 Å². The zero-order chi connectivity index (χ0) is 77.1. The minimum Gasteiger partial charge on any atom is -0.508 e. The van der Waals surface area contributed by atoms with Gasteiger partial charge in [0.05, 0.1) is 19.1 Å². The number of methoxy groups -OCH3 is 1. The van der Waals surface area contributed by atoms with Crippen molar-refractivity contribution < 1.29 is 87.1 Å². The van der Waals surface area contributed by atoms with E-state index in [9.17, 15) is 72.9 Å². The number of nitrogens with two attached hydrogens (primary N) is 4. The summed E-state index contributed by atoms with van der Waals surface area (Å²) in [6.07, 6.45) is -1.13. The fraction of sp³-hybridized carbons (Fsp3) is 0.347. The van der Waals surface area contributed by atoms with E-state index in [1.54, 1.807) is 66.7 Å². The number of fused-ring (bicyclic) bond motifs is 6. The summed E-state index contributed by atoms with van der Waals surface area (Å²) in [5.74, 6) is -10.1. The number of primary amides is 3. The Bertz CT molecular complexity index is 4280. The minimum atomic E-state index is -1.87. The zero-order valence-corrected chi connectivity index (χ0v) is 58.5. The number of nitrogens with one attached hydrogen (secondary N) is 9. The number of ether oxygens (including phenoxy) is 3. The van der Waals surface area contributed by atoms with Crippen molar-refractivity contribution in [2.24, 2.45) is 22.9 Å². The summed E-state index contributed by atoms with van der Waals surface area (Å²) in [5.41, 5.74) is 24.1. The number of amides is 11. The number of guanidine groups is 1. The quantitative estimate of drug-likeness (QED) is 0.0114. The van der Waals surface area contributed by atoms with E-state index in [-0.39, 0.29) is 130 Å². The van der Waals surface area contributed by atoms with Crippen LogP contribution in [0.4, 0.5) is 0 Å². The molecule has 11 amide bonds. The van der Waals surface area contributed by atoms with Gasteiger partial charge in [-0.25, -0.2) is 4.79 Å². The molecule has 9 rings (SSSR count). The van der Waals surface area contributed by atoms with Crippen LogP contribution in [0.3, 0.4) is 0 Å². The molecule has 0 aliphatic carbocycles. The lowest BCUT2D eigenvalue weighted by atomic mass is 9.77. The maximum Gasteiger partial charge on any atom is 0.340 e. The van der Waals surface area contributed by atoms with E-state index < -0.39 is 144 Å². The first-order chi connectivity index (χ1) is 51.2. The van der Waals surface area contributed by atoms with Gasteiger partial charge in [0.1, 0.15) is 76.8 Å². The van der Waals surface area contributed by atoms with Gasteiger partial charge < -0.3 is 99.9 Å². The molecule has 0 bridgehead atoms. The minimum absolute atomic E-state index is 0.00423. The molecule has 1 saturated heterocycles. The number of phenolic OH excluding ortho intramolecular Hbond substituents is 3. The summed E-state index contributed by atoms with van der Waals surface area (Å²) in [4.78, 5) is 167. The average molecular weight is 1470 g/mol. The van der Waals surface area contributed by atoms with Crippen LogP contribution in [0.15, 0.2) is 133 Å². The Kier molecular flexibility index (Phi) is 26.4. The number of aromatic hydroxyl groups is 3. The molecule has 20 N–H and O–H groups in total. The number of likely N-dealkylation sites (tertiary alicyclic amines) is 1. The summed E-state index contributed by atoms with van der Waals surface area (Å²) in [5, 5.41) is 59.2. The summed E-state index contributed by atoms with van der Waals surface area (Å²) < 4.78 is 17.4. The van der Waals surface area contributed by atoms with Crippen molar-refractivity contribution in [3.05, 3.63) is 178 Å². The molecule has 564 valence electrons. The number of phenols is 3. The second-order valence-electron chi connectivity index (χ2n) is 26.1. The third-order valence-electron chi connectivity index (χ3n) is 18.4. The van der Waals surface area contributed by atoms with Crippen molar-refractivity contribution in [3.63, 3.8) is 0 Å². The van der Waals surface area contributed by atoms with Gasteiger partial charge in [-0.15, -0.1) is 0 Å². The number of hydrogen-bond donors (Lipinski definition) is 16. The van der Waals surface area contributed by atoms with Crippen LogP contribution in [0.5, 0.6) is 34.5 Å². The molecule has 0 radical (unpaired) electrons. The van der Waals surface area contributed by atoms with Crippen LogP contribution in [-0.2, 0) is 77.5 Å². The number of aryl methyl sites for hydroxylation is 1. The number of rotatable bonds is 36. The van der Waals surface area contributed by atoms with Gasteiger partial charge in [-0.05, 0) is 141 Å². The molecule has 7 atom stereocenters. The van der Waals surface area contributed by atoms with Crippen molar-refractivity contribution in [1.82, 2.24) is 47.4 Å². The molecule has 32 nitrogen and oxygen atoms in total. The Morgan fingerprint density at radius 2 is 1.14 bits per heavy atom. The predicted octanol–water partition coefficient (Wildman–Crippen LogP) is 1.19. The van der Waals surface area contributed by atoms with E-state index in [1.807, 2.05) is 0 Å². The second kappa shape index (κ2) is 36.1. The maximum atomic E-state index is 14.8. The van der Waals surface area contributed by atoms with Crippen molar-refractivity contribution in [3.8, 4) is 34.5 Å². The highest BCUT2D eigenvalue weighted by atomic mass is 16.6. The van der Waals surface area contributed by atoms with Gasteiger partial charge in [0.2, 0.25) is 59.1 Å². The van der Waals surface area contributed by atoms with Crippen molar-refractivity contribution in [2.45, 2.75) is 138 Å². The molecule has 3 aliphatic heterocycles. The summed E-state index contributed by atoms with van der Waals surface area (Å²) in [6, 6.07) is 24.1. The number of nitrogens with zero attached hydrogens (tertiary/aromatic N) is 1. The van der Waals surface area contributed by atoms with E-state index >= 15 is 0 Å². The summed E-state index contributed by atoms with van der Waals surface area (Å²) in [6.45, 7) is 0.0832. The number of unbranched alkanes of at least 4 members (excludes halogenated alkanes) is 1. The molecule has 107 heavy (non-hydrogen) atoms. The van der Waals surface area contributed by atoms with Crippen molar-refractivity contribution in [2.75, 3.05) is 26.7 Å². The maximum absolute atomic E-state index is 14.8. The van der Waals surface area contributed by atoms with Gasteiger partial charge in [-0.2, -0.15) is 0 Å². The normalized spacial score (nSPS) is 15.2. The standard InChI is InChI=1S/C75H86N14O18/c1-105-48-24-16-43(17-25-48)36-56(83-64(95)31-18-41-14-20-45(90)21-15-41)68(99)87-57(35-42-9-3-2-4-10-42)69(100)85-54(29-30-62(76)93)67(98)88-58(40-63(77)94)70(101)86-55(12-7-33-82-74(79)80)72(103)89-34-8-13-59(89)71(102)84-53(65(78)96)11-5-6-32-81-66(97)44-19-26-49-52(37-44)75(107-73(49)104)50-27-22-46(91)38-60(50)106-61-39-47(92)23-28-51(61)75/h2-4,9-10,14-17,19-28,37-39,53-59,90-92H,5-8,11-13,18,29-36,40H2,1H3,(H2,76,93)(H2,77,94)(H2,78,96)(H,81,97)(H,83,95)(H,84,102)(H,85,100)(H,86,101)(H,87,99)(H,88,98)(H4,79,80,82)/t53-,54-,55-,56+,57-,58-,59-/m0/s1. The van der Waals surface area contributed by atoms with E-state index in [0.29, 0.717) is 33.6 Å². The Hall–Kier alpha value is -12.8. The monoisotopic (exact) mass is 1470 g/mol. The highest BCUT2D eigenvalue weighted by molar-refractivity contribution is 6.02. The highest BCUT2D eigenvalue weighted by Gasteiger charge is 2.54. The summed E-state index contributed by atoms with van der Waals surface area (Å²) in [7, 11) is 1.48. The van der Waals surface area contributed by atoms with E-state index in [4.69, 9.17) is 42.6 Å². The van der Waals surface area contributed by atoms with E-state index in [1.165, 1.54) is 78.7 Å². The molecule has 6 aromatic carbocycles. The molecule has 6 aromatic rings. The number of carbonyl (C=O) groups is 12. The van der Waals surface area contributed by atoms with Crippen LogP contribution in [-0.4, -0.2) is 166 Å². The fourth-order valence-corrected chi connectivity index (χ4v) is 13.0. The van der Waals surface area contributed by atoms with Crippen LogP contribution in [0.1, 0.15) is 125 Å². The fourth-order valence-electron chi connectivity index (χ4n) is 13.0. The molecule has 1 fully saturated rings. The Morgan fingerprint density at radius 3 is 1.77 bits per heavy atom. The van der Waals surface area contributed by atoms with Crippen molar-refractivity contribution in [1.29, 1.82) is 5.41 Å². The lowest BCUT2D eigenvalue weighted by Gasteiger charge is -2.36. The van der Waals surface area contributed by atoms with Gasteiger partial charge in [-0.1, -0.05) is 54.6 Å². The van der Waals surface area contributed by atoms with Crippen LogP contribution in [0.2, 0.25) is 0 Å². The molecular formula is C75H86N14O18. The van der Waals surface area contributed by atoms with Gasteiger partial charge >= 0.3 is 5.97 Å². The Morgan fingerprint density at radius 1 is 0.570 bits per heavy atom. The Labute approximate surface area is 614 Å². The van der Waals surface area contributed by atoms with Gasteiger partial charge in [0.25, 0.3) is 5.91 Å². The first-order valence-corrected chi connectivity index (χ1v) is 34.7. The molecule has 0 aromatic heterocycles. The Balaban J connectivity index is 0.846. The molecule has 32 heteroatoms.